The number of anilines is 6. The number of thiol groups is 1. The van der Waals surface area contributed by atoms with Crippen molar-refractivity contribution in [2.24, 2.45) is 5.92 Å². The lowest BCUT2D eigenvalue weighted by Gasteiger charge is -2.32. The van der Waals surface area contributed by atoms with Crippen molar-refractivity contribution in [3.63, 3.8) is 0 Å². The molecule has 35 heavy (non-hydrogen) atoms. The Morgan fingerprint density at radius 3 is 2.69 bits per heavy atom. The molecule has 2 aliphatic heterocycles. The highest BCUT2D eigenvalue weighted by atomic mass is 32.1. The minimum atomic E-state index is -0.135. The molecule has 1 fully saturated rings. The summed E-state index contributed by atoms with van der Waals surface area (Å²) >= 11 is 4.68. The van der Waals surface area contributed by atoms with Crippen LogP contribution in [-0.2, 0) is 0 Å². The van der Waals surface area contributed by atoms with Gasteiger partial charge in [0.15, 0.2) is 5.82 Å². The molecule has 0 bridgehead atoms. The standard InChI is InChI=1S/C26H30N6O2S/c1-4-34-23-15-18(31-13-11-17(2)12-14-31)9-10-20(23)28-26-27-16-22-24(29-26)32(35)21-8-6-5-7-19(21)25(33)30(22)3/h5-10,15-17,35H,4,11-14H2,1-3H3,(H,27,28,29). The van der Waals surface area contributed by atoms with E-state index in [1.165, 1.54) is 12.8 Å². The lowest BCUT2D eigenvalue weighted by atomic mass is 9.99. The summed E-state index contributed by atoms with van der Waals surface area (Å²) in [5, 5.41) is 3.31. The molecule has 2 aromatic carbocycles. The van der Waals surface area contributed by atoms with Gasteiger partial charge < -0.3 is 19.9 Å². The Labute approximate surface area is 211 Å². The number of carbonyl (C=O) groups is 1. The molecule has 3 aromatic rings. The molecule has 8 nitrogen and oxygen atoms in total. The van der Waals surface area contributed by atoms with Crippen LogP contribution < -0.4 is 24.2 Å². The van der Waals surface area contributed by atoms with Gasteiger partial charge in [0, 0.05) is 31.9 Å². The highest BCUT2D eigenvalue weighted by Gasteiger charge is 2.29. The molecule has 1 amide bonds. The van der Waals surface area contributed by atoms with E-state index in [-0.39, 0.29) is 5.91 Å². The normalized spacial score (nSPS) is 16.0. The van der Waals surface area contributed by atoms with Gasteiger partial charge in [0.05, 0.1) is 29.7 Å². The summed E-state index contributed by atoms with van der Waals surface area (Å²) in [6.07, 6.45) is 4.04. The van der Waals surface area contributed by atoms with Gasteiger partial charge in [0.1, 0.15) is 11.4 Å². The van der Waals surface area contributed by atoms with Crippen molar-refractivity contribution >= 4 is 53.2 Å². The fourth-order valence-electron chi connectivity index (χ4n) is 4.54. The predicted octanol–water partition coefficient (Wildman–Crippen LogP) is 5.43. The number of para-hydroxylation sites is 1. The van der Waals surface area contributed by atoms with Crippen molar-refractivity contribution in [3.05, 3.63) is 54.2 Å². The Bertz CT molecular complexity index is 1240. The van der Waals surface area contributed by atoms with E-state index in [2.05, 4.69) is 47.1 Å². The first-order valence-electron chi connectivity index (χ1n) is 12.0. The fourth-order valence-corrected chi connectivity index (χ4v) is 4.86. The molecular weight excluding hydrogens is 460 g/mol. The summed E-state index contributed by atoms with van der Waals surface area (Å²) in [6, 6.07) is 13.6. The van der Waals surface area contributed by atoms with E-state index in [9.17, 15) is 4.79 Å². The van der Waals surface area contributed by atoms with Crippen LogP contribution in [0.1, 0.15) is 37.0 Å². The number of benzene rings is 2. The van der Waals surface area contributed by atoms with E-state index < -0.39 is 0 Å². The van der Waals surface area contributed by atoms with E-state index in [4.69, 9.17) is 9.72 Å². The van der Waals surface area contributed by atoms with Crippen LogP contribution in [0.3, 0.4) is 0 Å². The Hall–Kier alpha value is -3.46. The molecule has 2 aliphatic rings. The number of hydrogen-bond acceptors (Lipinski definition) is 8. The van der Waals surface area contributed by atoms with Crippen molar-refractivity contribution in [2.45, 2.75) is 26.7 Å². The molecule has 0 saturated carbocycles. The zero-order valence-corrected chi connectivity index (χ0v) is 21.1. The zero-order valence-electron chi connectivity index (χ0n) is 20.2. The van der Waals surface area contributed by atoms with Crippen molar-refractivity contribution < 1.29 is 9.53 Å². The zero-order chi connectivity index (χ0) is 24.5. The van der Waals surface area contributed by atoms with Crippen molar-refractivity contribution in [3.8, 4) is 5.75 Å². The highest BCUT2D eigenvalue weighted by Crippen LogP contribution is 2.41. The van der Waals surface area contributed by atoms with Gasteiger partial charge in [-0.15, -0.1) is 0 Å². The number of nitrogens with zero attached hydrogens (tertiary/aromatic N) is 5. The lowest BCUT2D eigenvalue weighted by Crippen LogP contribution is -2.32. The summed E-state index contributed by atoms with van der Waals surface area (Å²) in [7, 11) is 1.72. The van der Waals surface area contributed by atoms with Gasteiger partial charge in [-0.25, -0.2) is 4.98 Å². The predicted molar refractivity (Wildman–Crippen MR) is 144 cm³/mol. The number of nitrogens with one attached hydrogen (secondary N) is 1. The van der Waals surface area contributed by atoms with Gasteiger partial charge in [0.2, 0.25) is 5.95 Å². The molecule has 0 radical (unpaired) electrons. The molecule has 0 atom stereocenters. The first kappa shape index (κ1) is 23.3. The summed E-state index contributed by atoms with van der Waals surface area (Å²) in [5.41, 5.74) is 3.74. The lowest BCUT2D eigenvalue weighted by molar-refractivity contribution is 0.0994. The van der Waals surface area contributed by atoms with Crippen LogP contribution >= 0.6 is 12.8 Å². The Morgan fingerprint density at radius 1 is 1.14 bits per heavy atom. The second-order valence-corrected chi connectivity index (χ2v) is 9.40. The number of fused-ring (bicyclic) bond motifs is 2. The van der Waals surface area contributed by atoms with Crippen LogP contribution in [0, 0.1) is 5.92 Å². The molecule has 1 aromatic heterocycles. The highest BCUT2D eigenvalue weighted by molar-refractivity contribution is 7.82. The number of rotatable bonds is 5. The number of hydrogen-bond donors (Lipinski definition) is 2. The Balaban J connectivity index is 1.46. The van der Waals surface area contributed by atoms with Crippen molar-refractivity contribution in [1.82, 2.24) is 9.97 Å². The SMILES string of the molecule is CCOc1cc(N2CCC(C)CC2)ccc1Nc1ncc2c(n1)N(S)c1ccccc1C(=O)N2C. The van der Waals surface area contributed by atoms with Gasteiger partial charge >= 0.3 is 0 Å². The van der Waals surface area contributed by atoms with Gasteiger partial charge in [-0.1, -0.05) is 31.9 Å². The van der Waals surface area contributed by atoms with Crippen LogP contribution in [0.5, 0.6) is 5.75 Å². The summed E-state index contributed by atoms with van der Waals surface area (Å²) < 4.78 is 7.60. The maximum absolute atomic E-state index is 13.0. The van der Waals surface area contributed by atoms with E-state index in [0.717, 1.165) is 36.1 Å². The van der Waals surface area contributed by atoms with Crippen LogP contribution in [0.25, 0.3) is 0 Å². The summed E-state index contributed by atoms with van der Waals surface area (Å²) in [6.45, 7) is 6.95. The maximum atomic E-state index is 13.0. The Kier molecular flexibility index (Phi) is 6.42. The van der Waals surface area contributed by atoms with Gasteiger partial charge in [-0.2, -0.15) is 4.98 Å². The second-order valence-electron chi connectivity index (χ2n) is 9.00. The van der Waals surface area contributed by atoms with Gasteiger partial charge in [-0.3, -0.25) is 9.10 Å². The minimum absolute atomic E-state index is 0.135. The molecule has 9 heteroatoms. The third kappa shape index (κ3) is 4.48. The average molecular weight is 491 g/mol. The van der Waals surface area contributed by atoms with Crippen LogP contribution in [0.15, 0.2) is 48.7 Å². The van der Waals surface area contributed by atoms with E-state index >= 15 is 0 Å². The quantitative estimate of drug-likeness (QED) is 0.462. The van der Waals surface area contributed by atoms with Crippen LogP contribution in [0.4, 0.5) is 34.5 Å². The molecule has 0 aliphatic carbocycles. The number of ether oxygens (including phenoxy) is 1. The summed E-state index contributed by atoms with van der Waals surface area (Å²) in [4.78, 5) is 26.2. The average Bonchev–Trinajstić information content (AvgIpc) is 2.95. The molecule has 0 unspecified atom stereocenters. The topological polar surface area (TPSA) is 73.8 Å². The van der Waals surface area contributed by atoms with Crippen molar-refractivity contribution in [1.29, 1.82) is 0 Å². The smallest absolute Gasteiger partial charge is 0.260 e. The number of aromatic nitrogens is 2. The van der Waals surface area contributed by atoms with E-state index in [1.54, 1.807) is 28.5 Å². The second kappa shape index (κ2) is 9.65. The maximum Gasteiger partial charge on any atom is 0.260 e. The minimum Gasteiger partial charge on any atom is -0.492 e. The molecule has 3 heterocycles. The monoisotopic (exact) mass is 490 g/mol. The van der Waals surface area contributed by atoms with Gasteiger partial charge in [0.25, 0.3) is 5.91 Å². The van der Waals surface area contributed by atoms with Crippen LogP contribution in [-0.4, -0.2) is 42.6 Å². The molecule has 5 rings (SSSR count). The van der Waals surface area contributed by atoms with Gasteiger partial charge in [-0.05, 0) is 49.9 Å². The van der Waals surface area contributed by atoms with Crippen molar-refractivity contribution in [2.75, 3.05) is 46.2 Å². The van der Waals surface area contributed by atoms with E-state index in [0.29, 0.717) is 35.3 Å². The molecule has 182 valence electrons. The number of piperidine rings is 1. The number of carbonyl (C=O) groups excluding carboxylic acids is 1. The molecule has 0 spiro atoms. The van der Waals surface area contributed by atoms with E-state index in [1.807, 2.05) is 31.2 Å². The fraction of sp³-hybridized carbons (Fsp3) is 0.346. The molecule has 1 saturated heterocycles. The first-order chi connectivity index (χ1) is 17.0. The first-order valence-corrected chi connectivity index (χ1v) is 12.4. The molecular formula is C26H30N6O2S. The largest absolute Gasteiger partial charge is 0.492 e. The summed E-state index contributed by atoms with van der Waals surface area (Å²) in [5.74, 6) is 2.30. The molecule has 1 N–H and O–H groups in total. The Morgan fingerprint density at radius 2 is 1.91 bits per heavy atom. The third-order valence-corrected chi connectivity index (χ3v) is 7.04. The number of amides is 1. The van der Waals surface area contributed by atoms with Crippen LogP contribution in [0.2, 0.25) is 0 Å². The third-order valence-electron chi connectivity index (χ3n) is 6.64.